The maximum absolute atomic E-state index is 8.00. The van der Waals surface area contributed by atoms with Gasteiger partial charge in [-0.2, -0.15) is 0 Å². The molecule has 0 saturated heterocycles. The summed E-state index contributed by atoms with van der Waals surface area (Å²) in [6.07, 6.45) is 7.52. The molecule has 208 valence electrons. The molecular weight excluding hydrogens is 492 g/mol. The lowest BCUT2D eigenvalue weighted by molar-refractivity contribution is -0.0980. The molecule has 0 unspecified atom stereocenters. The Morgan fingerprint density at radius 1 is 0.475 bits per heavy atom. The van der Waals surface area contributed by atoms with Gasteiger partial charge in [0.05, 0.1) is 0 Å². The fourth-order valence-corrected chi connectivity index (χ4v) is 5.68. The number of hydrogen-bond donors (Lipinski definition) is 0. The number of ether oxygens (including phenoxy) is 2. The summed E-state index contributed by atoms with van der Waals surface area (Å²) in [4.78, 5) is 8.00. The lowest BCUT2D eigenvalue weighted by Crippen LogP contribution is -2.04. The van der Waals surface area contributed by atoms with Gasteiger partial charge in [0.15, 0.2) is 0 Å². The molecule has 0 saturated carbocycles. The van der Waals surface area contributed by atoms with E-state index in [1.54, 1.807) is 0 Å². The van der Waals surface area contributed by atoms with Crippen LogP contribution in [0.3, 0.4) is 0 Å². The van der Waals surface area contributed by atoms with E-state index < -0.39 is 0 Å². The fourth-order valence-electron chi connectivity index (χ4n) is 5.68. The van der Waals surface area contributed by atoms with Crippen LogP contribution < -0.4 is 0 Å². The van der Waals surface area contributed by atoms with Gasteiger partial charge in [0, 0.05) is 13.2 Å². The van der Waals surface area contributed by atoms with Gasteiger partial charge in [-0.25, -0.2) is 0 Å². The summed E-state index contributed by atoms with van der Waals surface area (Å²) in [6.45, 7) is 8.14. The van der Waals surface area contributed by atoms with Gasteiger partial charge in [0.2, 0.25) is 0 Å². The van der Waals surface area contributed by atoms with Crippen molar-refractivity contribution in [2.75, 3.05) is 13.2 Å². The first kappa shape index (κ1) is 29.5. The van der Waals surface area contributed by atoms with E-state index in [0.29, 0.717) is 0 Å². The van der Waals surface area contributed by atoms with Crippen LogP contribution in [-0.2, 0) is 14.3 Å². The van der Waals surface area contributed by atoms with Crippen LogP contribution in [0, 0.1) is 0 Å². The molecule has 0 heterocycles. The van der Waals surface area contributed by atoms with Gasteiger partial charge in [-0.1, -0.05) is 137 Å². The second-order valence-electron chi connectivity index (χ2n) is 10.3. The Labute approximate surface area is 240 Å². The Bertz CT molecular complexity index is 1150. The average molecular weight is 535 g/mol. The normalized spacial score (nSPS) is 12.8. The van der Waals surface area contributed by atoms with Crippen molar-refractivity contribution in [1.29, 1.82) is 0 Å². The van der Waals surface area contributed by atoms with Crippen LogP contribution >= 0.6 is 0 Å². The number of benzene rings is 4. The number of hydrogen-bond acceptors (Lipinski definition) is 3. The molecule has 0 spiro atoms. The first-order valence-corrected chi connectivity index (χ1v) is 14.7. The minimum Gasteiger partial charge on any atom is -0.369 e. The summed E-state index contributed by atoms with van der Waals surface area (Å²) in [6, 6.07) is 34.4. The van der Waals surface area contributed by atoms with Crippen LogP contribution in [0.4, 0.5) is 0 Å². The third kappa shape index (κ3) is 6.60. The van der Waals surface area contributed by atoms with Gasteiger partial charge >= 0.3 is 0 Å². The summed E-state index contributed by atoms with van der Waals surface area (Å²) in [7, 11) is 0. The maximum Gasteiger partial charge on any atom is 0.109 e. The third-order valence-corrected chi connectivity index (χ3v) is 7.62. The van der Waals surface area contributed by atoms with Gasteiger partial charge in [-0.05, 0) is 57.3 Å². The van der Waals surface area contributed by atoms with Crippen LogP contribution in [0.2, 0.25) is 0 Å². The lowest BCUT2D eigenvalue weighted by atomic mass is 10.1. The molecule has 0 bridgehead atoms. The van der Waals surface area contributed by atoms with Gasteiger partial charge in [-0.15, -0.1) is 0 Å². The Hall–Kier alpha value is -3.53. The number of carbonyl (C=O) groups is 1. The molecule has 0 fully saturated rings. The largest absolute Gasteiger partial charge is 0.369 e. The number of rotatable bonds is 10. The second kappa shape index (κ2) is 15.3. The summed E-state index contributed by atoms with van der Waals surface area (Å²) >= 11 is 0. The van der Waals surface area contributed by atoms with E-state index in [0.717, 1.165) is 26.1 Å². The summed E-state index contributed by atoms with van der Waals surface area (Å²) < 4.78 is 12.3. The summed E-state index contributed by atoms with van der Waals surface area (Å²) in [5.74, 6) is 0. The number of carbonyl (C=O) groups excluding carboxylic acids is 1. The zero-order chi connectivity index (χ0) is 28.2. The molecule has 0 N–H and O–H groups in total. The maximum atomic E-state index is 8.00. The van der Waals surface area contributed by atoms with E-state index in [9.17, 15) is 0 Å². The highest BCUT2D eigenvalue weighted by Crippen LogP contribution is 2.46. The van der Waals surface area contributed by atoms with Gasteiger partial charge in [0.1, 0.15) is 19.0 Å². The minimum atomic E-state index is 0.129. The molecule has 4 aromatic rings. The van der Waals surface area contributed by atoms with E-state index >= 15 is 0 Å². The Balaban J connectivity index is 0.000000174. The molecule has 0 aliphatic heterocycles. The van der Waals surface area contributed by atoms with Crippen LogP contribution in [0.15, 0.2) is 97.1 Å². The molecule has 4 aromatic carbocycles. The average Bonchev–Trinajstić information content (AvgIpc) is 3.52. The van der Waals surface area contributed by atoms with Crippen molar-refractivity contribution in [2.24, 2.45) is 0 Å². The zero-order valence-electron chi connectivity index (χ0n) is 24.0. The summed E-state index contributed by atoms with van der Waals surface area (Å²) in [5, 5.41) is 0. The van der Waals surface area contributed by atoms with Crippen molar-refractivity contribution in [3.63, 3.8) is 0 Å². The van der Waals surface area contributed by atoms with Crippen molar-refractivity contribution in [3.8, 4) is 22.3 Å². The smallest absolute Gasteiger partial charge is 0.109 e. The van der Waals surface area contributed by atoms with Crippen LogP contribution in [-0.4, -0.2) is 20.0 Å². The predicted octanol–water partition coefficient (Wildman–Crippen LogP) is 9.74. The van der Waals surface area contributed by atoms with Crippen molar-refractivity contribution in [3.05, 3.63) is 119 Å². The minimum absolute atomic E-state index is 0.129. The van der Waals surface area contributed by atoms with Crippen molar-refractivity contribution >= 4 is 6.79 Å². The Morgan fingerprint density at radius 2 is 0.750 bits per heavy atom. The quantitative estimate of drug-likeness (QED) is 0.190. The van der Waals surface area contributed by atoms with Crippen LogP contribution in [0.1, 0.15) is 86.8 Å². The van der Waals surface area contributed by atoms with Gasteiger partial charge in [0.25, 0.3) is 0 Å². The molecule has 2 aliphatic rings. The molecule has 6 rings (SSSR count). The predicted molar refractivity (Wildman–Crippen MR) is 166 cm³/mol. The second-order valence-corrected chi connectivity index (χ2v) is 10.3. The van der Waals surface area contributed by atoms with E-state index in [-0.39, 0.29) is 12.2 Å². The highest BCUT2D eigenvalue weighted by molar-refractivity contribution is 5.78. The third-order valence-electron chi connectivity index (χ3n) is 7.62. The summed E-state index contributed by atoms with van der Waals surface area (Å²) in [5.41, 5.74) is 10.6. The standard InChI is InChI=1S/2C18H20O.CH2O/c2*1-2-3-8-13-19-18-16-11-6-4-9-14(16)15-10-5-7-12-17(15)18;1-2/h2*4-7,9-12,18H,2-3,8,13H2,1H3;1H2. The molecule has 0 atom stereocenters. The van der Waals surface area contributed by atoms with Crippen molar-refractivity contribution < 1.29 is 14.3 Å². The van der Waals surface area contributed by atoms with Crippen molar-refractivity contribution in [2.45, 2.75) is 64.6 Å². The van der Waals surface area contributed by atoms with Gasteiger partial charge < -0.3 is 14.3 Å². The molecule has 0 radical (unpaired) electrons. The first-order chi connectivity index (χ1) is 19.8. The zero-order valence-corrected chi connectivity index (χ0v) is 24.0. The molecule has 0 amide bonds. The van der Waals surface area contributed by atoms with E-state index in [2.05, 4.69) is 111 Å². The first-order valence-electron chi connectivity index (χ1n) is 14.7. The monoisotopic (exact) mass is 534 g/mol. The highest BCUT2D eigenvalue weighted by Gasteiger charge is 2.29. The molecule has 2 aliphatic carbocycles. The van der Waals surface area contributed by atoms with E-state index in [1.807, 2.05) is 6.79 Å². The van der Waals surface area contributed by atoms with E-state index in [4.69, 9.17) is 14.3 Å². The van der Waals surface area contributed by atoms with Crippen LogP contribution in [0.25, 0.3) is 22.3 Å². The van der Waals surface area contributed by atoms with Crippen molar-refractivity contribution in [1.82, 2.24) is 0 Å². The van der Waals surface area contributed by atoms with Gasteiger partial charge in [-0.3, -0.25) is 0 Å². The fraction of sp³-hybridized carbons (Fsp3) is 0.324. The lowest BCUT2D eigenvalue weighted by Gasteiger charge is -2.14. The topological polar surface area (TPSA) is 35.5 Å². The number of unbranched alkanes of at least 4 members (excludes halogenated alkanes) is 4. The SMILES string of the molecule is C=O.CCCCCOC1c2ccccc2-c2ccccc21.CCCCCOC1c2ccccc2-c2ccccc21. The molecule has 3 nitrogen and oxygen atoms in total. The molecule has 0 aromatic heterocycles. The van der Waals surface area contributed by atoms with E-state index in [1.165, 1.54) is 70.2 Å². The molecular formula is C37H42O3. The molecule has 40 heavy (non-hydrogen) atoms. The Morgan fingerprint density at radius 3 is 1.02 bits per heavy atom. The molecule has 3 heteroatoms. The van der Waals surface area contributed by atoms with Crippen LogP contribution in [0.5, 0.6) is 0 Å². The number of fused-ring (bicyclic) bond motifs is 6. The highest BCUT2D eigenvalue weighted by atomic mass is 16.5. The Kier molecular flexibility index (Phi) is 11.3.